The molecule has 0 aromatic heterocycles. The van der Waals surface area contributed by atoms with Crippen molar-refractivity contribution < 1.29 is 37.7 Å². The molecule has 0 unspecified atom stereocenters. The van der Waals surface area contributed by atoms with Crippen molar-refractivity contribution >= 4 is 11.9 Å². The number of esters is 1. The van der Waals surface area contributed by atoms with Crippen molar-refractivity contribution in [3.63, 3.8) is 0 Å². The molecule has 3 fully saturated rings. The zero-order valence-electron chi connectivity index (χ0n) is 24.6. The van der Waals surface area contributed by atoms with Crippen LogP contribution in [0.5, 0.6) is 11.5 Å². The van der Waals surface area contributed by atoms with Crippen molar-refractivity contribution in [3.8, 4) is 33.8 Å². The third kappa shape index (κ3) is 5.59. The summed E-state index contributed by atoms with van der Waals surface area (Å²) >= 11 is 0. The topological polar surface area (TPSA) is 82.1 Å². The smallest absolute Gasteiger partial charge is 0.321 e. The van der Waals surface area contributed by atoms with Crippen LogP contribution < -0.4 is 9.47 Å². The lowest BCUT2D eigenvalue weighted by Crippen LogP contribution is -2.26. The summed E-state index contributed by atoms with van der Waals surface area (Å²) in [4.78, 5) is 24.9. The van der Waals surface area contributed by atoms with E-state index in [9.17, 15) is 19.1 Å². The van der Waals surface area contributed by atoms with Crippen LogP contribution in [0.2, 0.25) is 0 Å². The zero-order valence-corrected chi connectivity index (χ0v) is 24.6. The maximum Gasteiger partial charge on any atom is 0.321 e. The van der Waals surface area contributed by atoms with Gasteiger partial charge in [0, 0.05) is 24.0 Å². The van der Waals surface area contributed by atoms with Gasteiger partial charge in [-0.3, -0.25) is 9.59 Å². The van der Waals surface area contributed by atoms with Crippen molar-refractivity contribution in [3.05, 3.63) is 108 Å². The molecule has 1 heterocycles. The molecule has 1 saturated heterocycles. The molecule has 0 amide bonds. The van der Waals surface area contributed by atoms with E-state index in [0.29, 0.717) is 78.0 Å². The third-order valence-electron chi connectivity index (χ3n) is 9.36. The van der Waals surface area contributed by atoms with Crippen LogP contribution in [0.15, 0.2) is 84.9 Å². The standard InChI is InChI=1S/C37H32F2O6/c38-32-21-25(36(15-16-36)34(40)41)5-11-30(32)24-3-9-28(10-4-24)45-35(42)37(17-18-37)26-6-12-31(33(39)22-26)23-1-7-27(8-2-23)44-29-13-19-43-20-14-29/h1-12,21-22,29H,13-20H2,(H,40,41). The van der Waals surface area contributed by atoms with Gasteiger partial charge >= 0.3 is 11.9 Å². The normalized spacial score (nSPS) is 18.2. The van der Waals surface area contributed by atoms with Gasteiger partial charge in [0.25, 0.3) is 0 Å². The van der Waals surface area contributed by atoms with E-state index in [1.807, 2.05) is 24.3 Å². The first-order chi connectivity index (χ1) is 21.8. The molecular weight excluding hydrogens is 578 g/mol. The molecule has 4 aromatic rings. The Labute approximate surface area is 259 Å². The van der Waals surface area contributed by atoms with Crippen LogP contribution in [-0.2, 0) is 25.2 Å². The van der Waals surface area contributed by atoms with Crippen LogP contribution in [0, 0.1) is 11.6 Å². The van der Waals surface area contributed by atoms with Gasteiger partial charge in [0.05, 0.1) is 24.0 Å². The number of carboxylic acid groups (broad SMARTS) is 1. The second-order valence-electron chi connectivity index (χ2n) is 12.2. The minimum Gasteiger partial charge on any atom is -0.490 e. The lowest BCUT2D eigenvalue weighted by molar-refractivity contribution is -0.140. The second kappa shape index (κ2) is 11.4. The number of hydrogen-bond donors (Lipinski definition) is 1. The Kier molecular flexibility index (Phi) is 7.40. The van der Waals surface area contributed by atoms with E-state index in [2.05, 4.69) is 0 Å². The average molecular weight is 611 g/mol. The summed E-state index contributed by atoms with van der Waals surface area (Å²) in [7, 11) is 0. The van der Waals surface area contributed by atoms with E-state index in [-0.39, 0.29) is 6.10 Å². The van der Waals surface area contributed by atoms with Crippen molar-refractivity contribution in [1.29, 1.82) is 0 Å². The van der Waals surface area contributed by atoms with Crippen molar-refractivity contribution in [2.45, 2.75) is 55.5 Å². The van der Waals surface area contributed by atoms with Gasteiger partial charge in [0.1, 0.15) is 29.2 Å². The summed E-state index contributed by atoms with van der Waals surface area (Å²) in [5, 5.41) is 9.51. The zero-order chi connectivity index (χ0) is 31.2. The lowest BCUT2D eigenvalue weighted by atomic mass is 9.93. The van der Waals surface area contributed by atoms with Gasteiger partial charge in [-0.15, -0.1) is 0 Å². The Morgan fingerprint density at radius 3 is 1.64 bits per heavy atom. The number of ether oxygens (including phenoxy) is 3. The van der Waals surface area contributed by atoms with Gasteiger partial charge in [-0.25, -0.2) is 8.78 Å². The molecule has 6 nitrogen and oxygen atoms in total. The summed E-state index contributed by atoms with van der Waals surface area (Å²) in [6.07, 6.45) is 3.92. The van der Waals surface area contributed by atoms with Crippen LogP contribution in [0.1, 0.15) is 49.7 Å². The van der Waals surface area contributed by atoms with Gasteiger partial charge in [-0.1, -0.05) is 48.5 Å². The van der Waals surface area contributed by atoms with E-state index in [4.69, 9.17) is 14.2 Å². The van der Waals surface area contributed by atoms with Gasteiger partial charge < -0.3 is 19.3 Å². The molecule has 0 bridgehead atoms. The first-order valence-electron chi connectivity index (χ1n) is 15.3. The molecule has 45 heavy (non-hydrogen) atoms. The highest BCUT2D eigenvalue weighted by molar-refractivity contribution is 5.89. The van der Waals surface area contributed by atoms with Crippen molar-refractivity contribution in [2.75, 3.05) is 13.2 Å². The molecule has 230 valence electrons. The van der Waals surface area contributed by atoms with E-state index >= 15 is 4.39 Å². The first kappa shape index (κ1) is 29.2. The number of carbonyl (C=O) groups excluding carboxylic acids is 1. The molecule has 2 aliphatic carbocycles. The van der Waals surface area contributed by atoms with Gasteiger partial charge in [0.2, 0.25) is 0 Å². The molecule has 8 heteroatoms. The Hall–Kier alpha value is -4.56. The molecule has 0 atom stereocenters. The third-order valence-corrected chi connectivity index (χ3v) is 9.36. The summed E-state index contributed by atoms with van der Waals surface area (Å²) in [5.41, 5.74) is 1.19. The largest absolute Gasteiger partial charge is 0.490 e. The summed E-state index contributed by atoms with van der Waals surface area (Å²) in [6.45, 7) is 1.38. The fraction of sp³-hybridized carbons (Fsp3) is 0.297. The molecule has 1 aliphatic heterocycles. The van der Waals surface area contributed by atoms with E-state index in [0.717, 1.165) is 18.6 Å². The maximum absolute atomic E-state index is 15.4. The minimum absolute atomic E-state index is 0.121. The molecule has 0 spiro atoms. The van der Waals surface area contributed by atoms with Gasteiger partial charge in [0.15, 0.2) is 0 Å². The molecule has 7 rings (SSSR count). The Morgan fingerprint density at radius 2 is 1.18 bits per heavy atom. The Morgan fingerprint density at radius 1 is 0.689 bits per heavy atom. The molecule has 4 aromatic carbocycles. The predicted octanol–water partition coefficient (Wildman–Crippen LogP) is 7.61. The Bertz CT molecular complexity index is 1750. The minimum atomic E-state index is -0.981. The number of aliphatic carboxylic acids is 1. The number of benzene rings is 4. The average Bonchev–Trinajstić information content (AvgIpc) is 3.97. The maximum atomic E-state index is 15.4. The van der Waals surface area contributed by atoms with Crippen LogP contribution in [0.4, 0.5) is 8.78 Å². The fourth-order valence-electron chi connectivity index (χ4n) is 6.19. The Balaban J connectivity index is 1.02. The van der Waals surface area contributed by atoms with Gasteiger partial charge in [-0.2, -0.15) is 0 Å². The molecular formula is C37H32F2O6. The number of halogens is 2. The molecule has 0 radical (unpaired) electrons. The number of carbonyl (C=O) groups is 2. The highest BCUT2D eigenvalue weighted by atomic mass is 19.1. The van der Waals surface area contributed by atoms with Crippen LogP contribution in [-0.4, -0.2) is 36.4 Å². The SMILES string of the molecule is O=C(O)C1(c2ccc(-c3ccc(OC(=O)C4(c5ccc(-c6ccc(OC7CCOCC7)cc6)c(F)c5)CC4)cc3)c(F)c2)CC1. The van der Waals surface area contributed by atoms with E-state index < -0.39 is 34.4 Å². The first-order valence-corrected chi connectivity index (χ1v) is 15.3. The molecule has 3 aliphatic rings. The van der Waals surface area contributed by atoms with Crippen LogP contribution >= 0.6 is 0 Å². The second-order valence-corrected chi connectivity index (χ2v) is 12.2. The van der Waals surface area contributed by atoms with Gasteiger partial charge in [-0.05, 0) is 84.3 Å². The van der Waals surface area contributed by atoms with Crippen LogP contribution in [0.3, 0.4) is 0 Å². The molecule has 2 saturated carbocycles. The quantitative estimate of drug-likeness (QED) is 0.155. The van der Waals surface area contributed by atoms with E-state index in [1.165, 1.54) is 12.1 Å². The van der Waals surface area contributed by atoms with Crippen LogP contribution in [0.25, 0.3) is 22.3 Å². The number of hydrogen-bond acceptors (Lipinski definition) is 5. The number of carboxylic acids is 1. The summed E-state index contributed by atoms with van der Waals surface area (Å²) in [5.74, 6) is -1.29. The fourth-order valence-corrected chi connectivity index (χ4v) is 6.19. The summed E-state index contributed by atoms with van der Waals surface area (Å²) < 4.78 is 47.4. The lowest BCUT2D eigenvalue weighted by Gasteiger charge is -2.23. The highest BCUT2D eigenvalue weighted by Gasteiger charge is 2.53. The van der Waals surface area contributed by atoms with Crippen molar-refractivity contribution in [2.24, 2.45) is 0 Å². The summed E-state index contributed by atoms with van der Waals surface area (Å²) in [6, 6.07) is 23.3. The highest BCUT2D eigenvalue weighted by Crippen LogP contribution is 2.50. The predicted molar refractivity (Wildman–Crippen MR) is 163 cm³/mol. The molecule has 1 N–H and O–H groups in total. The monoisotopic (exact) mass is 610 g/mol. The van der Waals surface area contributed by atoms with E-state index in [1.54, 1.807) is 48.5 Å². The number of rotatable bonds is 9. The van der Waals surface area contributed by atoms with Crippen molar-refractivity contribution in [1.82, 2.24) is 0 Å².